The van der Waals surface area contributed by atoms with E-state index in [4.69, 9.17) is 11.5 Å². The highest BCUT2D eigenvalue weighted by molar-refractivity contribution is 7.90. The standard InChI is InChI=1S/C20H29N7O3S.2ClH/c1-20(2)11-13(12-24-20)5-4-10-23-16-6-3-7-17(26-16)31(29,30)27-19(28)14-8-9-15(21)25-18(14)22;;/h3,6-9,13,24H,4-5,10-12H2,1-2H3,(H,23,26)(H,27,28)(H4,21,22,25);2*1H/t13-;;/m0../s1. The van der Waals surface area contributed by atoms with Crippen LogP contribution >= 0.6 is 24.8 Å². The number of rotatable bonds is 8. The predicted molar refractivity (Wildman–Crippen MR) is 134 cm³/mol. The molecule has 2 aromatic rings. The van der Waals surface area contributed by atoms with Crippen LogP contribution in [0.15, 0.2) is 35.4 Å². The van der Waals surface area contributed by atoms with Crippen molar-refractivity contribution >= 4 is 58.2 Å². The van der Waals surface area contributed by atoms with Crippen molar-refractivity contribution in [2.24, 2.45) is 5.92 Å². The van der Waals surface area contributed by atoms with Gasteiger partial charge in [-0.3, -0.25) is 4.79 Å². The highest BCUT2D eigenvalue weighted by Gasteiger charge is 2.29. The van der Waals surface area contributed by atoms with Crippen molar-refractivity contribution in [1.82, 2.24) is 20.0 Å². The third kappa shape index (κ3) is 7.88. The van der Waals surface area contributed by atoms with Crippen LogP contribution in [-0.2, 0) is 10.0 Å². The van der Waals surface area contributed by atoms with E-state index in [0.717, 1.165) is 25.8 Å². The summed E-state index contributed by atoms with van der Waals surface area (Å²) in [6.45, 7) is 6.11. The molecule has 10 nitrogen and oxygen atoms in total. The number of sulfonamides is 1. The number of nitrogens with zero attached hydrogens (tertiary/aromatic N) is 2. The van der Waals surface area contributed by atoms with Crippen LogP contribution in [-0.4, -0.2) is 42.9 Å². The Morgan fingerprint density at radius 2 is 1.91 bits per heavy atom. The Bertz CT molecular complexity index is 1070. The topological polar surface area (TPSA) is 165 Å². The quantitative estimate of drug-likeness (QED) is 0.328. The molecule has 1 saturated heterocycles. The molecule has 33 heavy (non-hydrogen) atoms. The number of anilines is 3. The molecule has 7 N–H and O–H groups in total. The first-order valence-corrected chi connectivity index (χ1v) is 11.6. The number of pyridine rings is 2. The van der Waals surface area contributed by atoms with E-state index in [1.54, 1.807) is 12.1 Å². The number of nitrogens with one attached hydrogen (secondary N) is 3. The van der Waals surface area contributed by atoms with Crippen LogP contribution in [0, 0.1) is 5.92 Å². The lowest BCUT2D eigenvalue weighted by Gasteiger charge is -2.17. The van der Waals surface area contributed by atoms with Crippen molar-refractivity contribution in [2.45, 2.75) is 43.7 Å². The van der Waals surface area contributed by atoms with Crippen molar-refractivity contribution < 1.29 is 13.2 Å². The first-order chi connectivity index (χ1) is 14.6. The number of aromatic nitrogens is 2. The fraction of sp³-hybridized carbons (Fsp3) is 0.450. The van der Waals surface area contributed by atoms with Crippen LogP contribution in [0.1, 0.15) is 43.5 Å². The molecule has 1 aliphatic heterocycles. The summed E-state index contributed by atoms with van der Waals surface area (Å²) in [5.74, 6) is 0.135. The number of hydrogen-bond acceptors (Lipinski definition) is 9. The van der Waals surface area contributed by atoms with E-state index in [0.29, 0.717) is 18.3 Å². The molecule has 13 heteroatoms. The molecule has 184 valence electrons. The molecular weight excluding hydrogens is 489 g/mol. The lowest BCUT2D eigenvalue weighted by molar-refractivity contribution is 0.0982. The minimum Gasteiger partial charge on any atom is -0.384 e. The number of nitrogen functional groups attached to an aromatic ring is 2. The van der Waals surface area contributed by atoms with Gasteiger partial charge < -0.3 is 22.1 Å². The van der Waals surface area contributed by atoms with Gasteiger partial charge in [-0.15, -0.1) is 24.8 Å². The molecule has 1 aliphatic rings. The summed E-state index contributed by atoms with van der Waals surface area (Å²) in [6, 6.07) is 7.25. The molecular formula is C20H31Cl2N7O3S. The third-order valence-electron chi connectivity index (χ3n) is 5.18. The van der Waals surface area contributed by atoms with E-state index < -0.39 is 15.9 Å². The summed E-state index contributed by atoms with van der Waals surface area (Å²) in [6.07, 6.45) is 3.17. The SMILES string of the molecule is CC1(C)C[C@H](CCCNc2cccc(S(=O)(=O)NC(=O)c3ccc(N)nc3N)n2)CN1.Cl.Cl. The molecule has 0 aliphatic carbocycles. The van der Waals surface area contributed by atoms with Crippen LogP contribution in [0.3, 0.4) is 0 Å². The number of halogens is 2. The maximum atomic E-state index is 12.6. The van der Waals surface area contributed by atoms with Gasteiger partial charge in [0.1, 0.15) is 17.5 Å². The first kappa shape index (κ1) is 28.7. The second-order valence-corrected chi connectivity index (χ2v) is 10.00. The summed E-state index contributed by atoms with van der Waals surface area (Å²) < 4.78 is 27.2. The number of hydrogen-bond donors (Lipinski definition) is 5. The Morgan fingerprint density at radius 1 is 1.18 bits per heavy atom. The van der Waals surface area contributed by atoms with E-state index in [-0.39, 0.29) is 52.6 Å². The highest BCUT2D eigenvalue weighted by Crippen LogP contribution is 2.26. The van der Waals surface area contributed by atoms with Gasteiger partial charge in [-0.1, -0.05) is 6.07 Å². The Labute approximate surface area is 206 Å². The molecule has 0 spiro atoms. The van der Waals surface area contributed by atoms with Crippen molar-refractivity contribution in [2.75, 3.05) is 29.9 Å². The maximum absolute atomic E-state index is 12.6. The van der Waals surface area contributed by atoms with Gasteiger partial charge in [0.05, 0.1) is 5.56 Å². The molecule has 2 aromatic heterocycles. The summed E-state index contributed by atoms with van der Waals surface area (Å²) >= 11 is 0. The average Bonchev–Trinajstić information content (AvgIpc) is 3.03. The zero-order valence-electron chi connectivity index (χ0n) is 18.5. The van der Waals surface area contributed by atoms with E-state index >= 15 is 0 Å². The van der Waals surface area contributed by atoms with E-state index in [2.05, 4.69) is 34.4 Å². The zero-order chi connectivity index (χ0) is 22.6. The van der Waals surface area contributed by atoms with E-state index in [1.807, 2.05) is 4.72 Å². The molecule has 0 unspecified atom stereocenters. The number of carbonyl (C=O) groups is 1. The summed E-state index contributed by atoms with van der Waals surface area (Å²) in [5, 5.41) is 6.39. The summed E-state index contributed by atoms with van der Waals surface area (Å²) in [5.41, 5.74) is 11.3. The van der Waals surface area contributed by atoms with Crippen molar-refractivity contribution in [3.8, 4) is 0 Å². The van der Waals surface area contributed by atoms with Crippen LogP contribution < -0.4 is 26.8 Å². The molecule has 3 rings (SSSR count). The van der Waals surface area contributed by atoms with Crippen LogP contribution in [0.25, 0.3) is 0 Å². The smallest absolute Gasteiger partial charge is 0.281 e. The zero-order valence-corrected chi connectivity index (χ0v) is 20.9. The molecule has 0 radical (unpaired) electrons. The number of amides is 1. The van der Waals surface area contributed by atoms with Gasteiger partial charge in [-0.2, -0.15) is 8.42 Å². The largest absolute Gasteiger partial charge is 0.384 e. The fourth-order valence-corrected chi connectivity index (χ4v) is 4.61. The Hall–Kier alpha value is -2.34. The Kier molecular flexibility index (Phi) is 10.2. The van der Waals surface area contributed by atoms with E-state index in [1.165, 1.54) is 18.2 Å². The summed E-state index contributed by atoms with van der Waals surface area (Å²) in [7, 11) is -4.19. The Balaban J connectivity index is 0.00000272. The Morgan fingerprint density at radius 3 is 2.55 bits per heavy atom. The van der Waals surface area contributed by atoms with Gasteiger partial charge in [0.2, 0.25) is 0 Å². The second-order valence-electron chi connectivity index (χ2n) is 8.37. The van der Waals surface area contributed by atoms with Gasteiger partial charge in [-0.05, 0) is 69.8 Å². The molecule has 1 atom stereocenters. The van der Waals surface area contributed by atoms with Crippen LogP contribution in [0.2, 0.25) is 0 Å². The van der Waals surface area contributed by atoms with Crippen LogP contribution in [0.5, 0.6) is 0 Å². The highest BCUT2D eigenvalue weighted by atomic mass is 35.5. The minimum atomic E-state index is -4.19. The minimum absolute atomic E-state index is 0. The molecule has 1 amide bonds. The normalized spacial score (nSPS) is 16.8. The van der Waals surface area contributed by atoms with Gasteiger partial charge in [0.15, 0.2) is 5.03 Å². The van der Waals surface area contributed by atoms with Gasteiger partial charge in [-0.25, -0.2) is 14.7 Å². The second kappa shape index (κ2) is 11.7. The van der Waals surface area contributed by atoms with Crippen molar-refractivity contribution in [1.29, 1.82) is 0 Å². The molecule has 1 fully saturated rings. The lowest BCUT2D eigenvalue weighted by Crippen LogP contribution is -2.32. The fourth-order valence-electron chi connectivity index (χ4n) is 3.67. The van der Waals surface area contributed by atoms with Crippen molar-refractivity contribution in [3.63, 3.8) is 0 Å². The lowest BCUT2D eigenvalue weighted by atomic mass is 9.94. The number of carbonyl (C=O) groups excluding carboxylic acids is 1. The van der Waals surface area contributed by atoms with Gasteiger partial charge in [0, 0.05) is 12.1 Å². The van der Waals surface area contributed by atoms with Gasteiger partial charge in [0.25, 0.3) is 15.9 Å². The van der Waals surface area contributed by atoms with Crippen LogP contribution in [0.4, 0.5) is 17.5 Å². The third-order valence-corrected chi connectivity index (χ3v) is 6.41. The number of nitrogens with two attached hydrogens (primary N) is 2. The predicted octanol–water partition coefficient (Wildman–Crippen LogP) is 2.18. The average molecular weight is 520 g/mol. The van der Waals surface area contributed by atoms with Crippen molar-refractivity contribution in [3.05, 3.63) is 35.9 Å². The molecule has 0 aromatic carbocycles. The monoisotopic (exact) mass is 519 g/mol. The maximum Gasteiger partial charge on any atom is 0.281 e. The molecule has 0 bridgehead atoms. The molecule has 3 heterocycles. The molecule has 0 saturated carbocycles. The van der Waals surface area contributed by atoms with Gasteiger partial charge >= 0.3 is 0 Å². The van der Waals surface area contributed by atoms with E-state index in [9.17, 15) is 13.2 Å². The first-order valence-electron chi connectivity index (χ1n) is 10.1. The summed E-state index contributed by atoms with van der Waals surface area (Å²) in [4.78, 5) is 20.2.